The molecular formula is C10H17N. The van der Waals surface area contributed by atoms with Crippen molar-refractivity contribution in [3.8, 4) is 0 Å². The predicted octanol–water partition coefficient (Wildman–Crippen LogP) is 2.25. The first kappa shape index (κ1) is 8.54. The van der Waals surface area contributed by atoms with Crippen molar-refractivity contribution in [2.24, 2.45) is 11.7 Å². The third-order valence-corrected chi connectivity index (χ3v) is 2.51. The Bertz CT molecular complexity index is 201. The molecule has 1 atom stereocenters. The average molecular weight is 151 g/mol. The van der Waals surface area contributed by atoms with Gasteiger partial charge in [0.05, 0.1) is 0 Å². The minimum absolute atomic E-state index is 0.0977. The van der Waals surface area contributed by atoms with Gasteiger partial charge >= 0.3 is 0 Å². The Balaban J connectivity index is 2.74. The second-order valence-corrected chi connectivity index (χ2v) is 3.75. The van der Waals surface area contributed by atoms with E-state index >= 15 is 0 Å². The second kappa shape index (κ2) is 2.82. The van der Waals surface area contributed by atoms with E-state index in [1.807, 2.05) is 0 Å². The van der Waals surface area contributed by atoms with Crippen molar-refractivity contribution in [3.05, 3.63) is 23.8 Å². The smallest absolute Gasteiger partial charge is 0.0400 e. The maximum absolute atomic E-state index is 6.13. The van der Waals surface area contributed by atoms with Gasteiger partial charge in [0.2, 0.25) is 0 Å². The van der Waals surface area contributed by atoms with E-state index in [-0.39, 0.29) is 5.54 Å². The SMILES string of the molecule is CC1=CCC(N)(C(C)C)C=C1. The third-order valence-electron chi connectivity index (χ3n) is 2.51. The molecule has 0 aromatic heterocycles. The van der Waals surface area contributed by atoms with Crippen LogP contribution in [0, 0.1) is 5.92 Å². The lowest BCUT2D eigenvalue weighted by molar-refractivity contribution is 0.385. The molecule has 0 heterocycles. The molecule has 62 valence electrons. The van der Waals surface area contributed by atoms with Gasteiger partial charge in [-0.3, -0.25) is 0 Å². The van der Waals surface area contributed by atoms with Gasteiger partial charge in [-0.2, -0.15) is 0 Å². The maximum atomic E-state index is 6.13. The van der Waals surface area contributed by atoms with Crippen molar-refractivity contribution in [1.82, 2.24) is 0 Å². The highest BCUT2D eigenvalue weighted by molar-refractivity contribution is 5.27. The van der Waals surface area contributed by atoms with Crippen LogP contribution in [0.25, 0.3) is 0 Å². The number of nitrogens with two attached hydrogens (primary N) is 1. The largest absolute Gasteiger partial charge is 0.321 e. The molecule has 2 N–H and O–H groups in total. The lowest BCUT2D eigenvalue weighted by atomic mass is 9.81. The van der Waals surface area contributed by atoms with Crippen LogP contribution in [0.15, 0.2) is 23.8 Å². The van der Waals surface area contributed by atoms with Gasteiger partial charge < -0.3 is 5.73 Å². The Morgan fingerprint density at radius 2 is 2.18 bits per heavy atom. The lowest BCUT2D eigenvalue weighted by Crippen LogP contribution is -2.43. The summed E-state index contributed by atoms with van der Waals surface area (Å²) < 4.78 is 0. The summed E-state index contributed by atoms with van der Waals surface area (Å²) in [5, 5.41) is 0. The molecule has 11 heavy (non-hydrogen) atoms. The molecule has 1 heteroatoms. The molecule has 0 fully saturated rings. The first-order valence-corrected chi connectivity index (χ1v) is 4.19. The van der Waals surface area contributed by atoms with Gasteiger partial charge in [0.1, 0.15) is 0 Å². The van der Waals surface area contributed by atoms with Gasteiger partial charge in [-0.1, -0.05) is 37.6 Å². The number of hydrogen-bond acceptors (Lipinski definition) is 1. The zero-order valence-electron chi connectivity index (χ0n) is 7.59. The van der Waals surface area contributed by atoms with Crippen LogP contribution < -0.4 is 5.73 Å². The van der Waals surface area contributed by atoms with E-state index in [2.05, 4.69) is 39.0 Å². The second-order valence-electron chi connectivity index (χ2n) is 3.75. The Kier molecular flexibility index (Phi) is 2.19. The van der Waals surface area contributed by atoms with Crippen LogP contribution >= 0.6 is 0 Å². The fourth-order valence-corrected chi connectivity index (χ4v) is 1.19. The summed E-state index contributed by atoms with van der Waals surface area (Å²) in [6, 6.07) is 0. The van der Waals surface area contributed by atoms with Gasteiger partial charge in [0.25, 0.3) is 0 Å². The van der Waals surface area contributed by atoms with Gasteiger partial charge in [-0.05, 0) is 19.3 Å². The molecule has 0 saturated heterocycles. The summed E-state index contributed by atoms with van der Waals surface area (Å²) in [6.45, 7) is 6.44. The van der Waals surface area contributed by atoms with E-state index in [1.165, 1.54) is 5.57 Å². The maximum Gasteiger partial charge on any atom is 0.0400 e. The lowest BCUT2D eigenvalue weighted by Gasteiger charge is -2.31. The summed E-state index contributed by atoms with van der Waals surface area (Å²) in [7, 11) is 0. The van der Waals surface area contributed by atoms with E-state index in [4.69, 9.17) is 5.73 Å². The predicted molar refractivity (Wildman–Crippen MR) is 49.3 cm³/mol. The molecule has 0 aromatic rings. The van der Waals surface area contributed by atoms with Gasteiger partial charge in [0.15, 0.2) is 0 Å². The van der Waals surface area contributed by atoms with Crippen LogP contribution in [0.2, 0.25) is 0 Å². The standard InChI is InChI=1S/C10H17N/c1-8(2)10(11)6-4-9(3)5-7-10/h4-6,8H,7,11H2,1-3H3. The minimum atomic E-state index is -0.0977. The van der Waals surface area contributed by atoms with Crippen LogP contribution in [0.1, 0.15) is 27.2 Å². The molecule has 0 saturated carbocycles. The summed E-state index contributed by atoms with van der Waals surface area (Å²) >= 11 is 0. The molecule has 1 rings (SSSR count). The zero-order chi connectivity index (χ0) is 8.48. The van der Waals surface area contributed by atoms with E-state index in [9.17, 15) is 0 Å². The molecule has 0 amide bonds. The first-order chi connectivity index (χ1) is 5.04. The molecule has 1 nitrogen and oxygen atoms in total. The summed E-state index contributed by atoms with van der Waals surface area (Å²) in [6.07, 6.45) is 7.43. The van der Waals surface area contributed by atoms with E-state index in [1.54, 1.807) is 0 Å². The van der Waals surface area contributed by atoms with Gasteiger partial charge in [0, 0.05) is 5.54 Å². The molecule has 0 spiro atoms. The van der Waals surface area contributed by atoms with Gasteiger partial charge in [-0.15, -0.1) is 0 Å². The van der Waals surface area contributed by atoms with Crippen LogP contribution in [0.4, 0.5) is 0 Å². The monoisotopic (exact) mass is 151 g/mol. The third kappa shape index (κ3) is 1.72. The molecule has 1 unspecified atom stereocenters. The Labute approximate surface area is 69.0 Å². The van der Waals surface area contributed by atoms with Crippen molar-refractivity contribution >= 4 is 0 Å². The number of hydrogen-bond donors (Lipinski definition) is 1. The van der Waals surface area contributed by atoms with Gasteiger partial charge in [-0.25, -0.2) is 0 Å². The highest BCUT2D eigenvalue weighted by atomic mass is 14.7. The Hall–Kier alpha value is -0.560. The summed E-state index contributed by atoms with van der Waals surface area (Å²) in [5.74, 6) is 0.517. The Morgan fingerprint density at radius 3 is 2.55 bits per heavy atom. The average Bonchev–Trinajstić information content (AvgIpc) is 1.95. The fourth-order valence-electron chi connectivity index (χ4n) is 1.19. The summed E-state index contributed by atoms with van der Waals surface area (Å²) in [4.78, 5) is 0. The number of allylic oxidation sites excluding steroid dienone is 2. The first-order valence-electron chi connectivity index (χ1n) is 4.19. The van der Waals surface area contributed by atoms with Crippen molar-refractivity contribution in [3.63, 3.8) is 0 Å². The molecule has 1 aliphatic carbocycles. The molecule has 0 radical (unpaired) electrons. The van der Waals surface area contributed by atoms with Crippen molar-refractivity contribution in [2.45, 2.75) is 32.7 Å². The zero-order valence-corrected chi connectivity index (χ0v) is 7.59. The molecule has 0 bridgehead atoms. The molecule has 1 aliphatic rings. The minimum Gasteiger partial charge on any atom is -0.321 e. The Morgan fingerprint density at radius 1 is 1.55 bits per heavy atom. The topological polar surface area (TPSA) is 26.0 Å². The van der Waals surface area contributed by atoms with E-state index < -0.39 is 0 Å². The normalized spacial score (nSPS) is 30.8. The number of rotatable bonds is 1. The highest BCUT2D eigenvalue weighted by Crippen LogP contribution is 2.25. The van der Waals surface area contributed by atoms with Crippen LogP contribution in [0.5, 0.6) is 0 Å². The quantitative estimate of drug-likeness (QED) is 0.611. The molecule has 0 aromatic carbocycles. The fraction of sp³-hybridized carbons (Fsp3) is 0.600. The van der Waals surface area contributed by atoms with Crippen molar-refractivity contribution in [1.29, 1.82) is 0 Å². The van der Waals surface area contributed by atoms with E-state index in [0.29, 0.717) is 5.92 Å². The summed E-state index contributed by atoms with van der Waals surface area (Å²) in [5.41, 5.74) is 7.36. The molecule has 0 aliphatic heterocycles. The van der Waals surface area contributed by atoms with E-state index in [0.717, 1.165) is 6.42 Å². The van der Waals surface area contributed by atoms with Crippen LogP contribution in [0.3, 0.4) is 0 Å². The van der Waals surface area contributed by atoms with Crippen LogP contribution in [-0.4, -0.2) is 5.54 Å². The molecular weight excluding hydrogens is 134 g/mol. The highest BCUT2D eigenvalue weighted by Gasteiger charge is 2.25. The van der Waals surface area contributed by atoms with Crippen LogP contribution in [-0.2, 0) is 0 Å². The van der Waals surface area contributed by atoms with Crippen molar-refractivity contribution < 1.29 is 0 Å². The van der Waals surface area contributed by atoms with Crippen molar-refractivity contribution in [2.75, 3.05) is 0 Å².